The molecule has 96 valence electrons. The number of nitrogens with one attached hydrogen (secondary N) is 3. The first kappa shape index (κ1) is 13.9. The van der Waals surface area contributed by atoms with E-state index in [1.807, 2.05) is 13.8 Å². The van der Waals surface area contributed by atoms with Crippen LogP contribution in [0.15, 0.2) is 6.20 Å². The predicted octanol–water partition coefficient (Wildman–Crippen LogP) is 1.11. The van der Waals surface area contributed by atoms with Gasteiger partial charge in [0.1, 0.15) is 0 Å². The molecule has 1 aromatic heterocycles. The Hall–Kier alpha value is -1.14. The Morgan fingerprint density at radius 1 is 1.53 bits per heavy atom. The van der Waals surface area contributed by atoms with E-state index in [0.29, 0.717) is 11.7 Å². The largest absolute Gasteiger partial charge is 0.382 e. The second-order valence-corrected chi connectivity index (χ2v) is 4.09. The summed E-state index contributed by atoms with van der Waals surface area (Å²) in [5.74, 6) is 0. The Balaban J connectivity index is 2.07. The van der Waals surface area contributed by atoms with E-state index in [1.165, 1.54) is 0 Å². The third-order valence-electron chi connectivity index (χ3n) is 2.33. The van der Waals surface area contributed by atoms with Gasteiger partial charge in [-0.1, -0.05) is 0 Å². The maximum Gasteiger partial charge on any atom is 0.166 e. The fourth-order valence-electron chi connectivity index (χ4n) is 1.31. The SMILES string of the molecule is CCOCCCNC(=S)NCc1cn[nH]c1C. The number of aryl methyl sites for hydroxylation is 1. The molecule has 0 aliphatic heterocycles. The van der Waals surface area contributed by atoms with Crippen molar-refractivity contribution < 1.29 is 4.74 Å². The van der Waals surface area contributed by atoms with Gasteiger partial charge in [0.2, 0.25) is 0 Å². The fourth-order valence-corrected chi connectivity index (χ4v) is 1.49. The van der Waals surface area contributed by atoms with E-state index in [4.69, 9.17) is 17.0 Å². The van der Waals surface area contributed by atoms with E-state index in [-0.39, 0.29) is 0 Å². The van der Waals surface area contributed by atoms with E-state index in [9.17, 15) is 0 Å². The van der Waals surface area contributed by atoms with E-state index < -0.39 is 0 Å². The molecule has 0 radical (unpaired) electrons. The van der Waals surface area contributed by atoms with Gasteiger partial charge in [0, 0.05) is 37.6 Å². The van der Waals surface area contributed by atoms with Crippen LogP contribution in [-0.2, 0) is 11.3 Å². The Labute approximate surface area is 107 Å². The lowest BCUT2D eigenvalue weighted by atomic mass is 10.3. The lowest BCUT2D eigenvalue weighted by molar-refractivity contribution is 0.145. The minimum Gasteiger partial charge on any atom is -0.382 e. The van der Waals surface area contributed by atoms with Gasteiger partial charge >= 0.3 is 0 Å². The molecule has 0 amide bonds. The van der Waals surface area contributed by atoms with Crippen LogP contribution in [0, 0.1) is 6.92 Å². The maximum atomic E-state index is 5.23. The van der Waals surface area contributed by atoms with Crippen molar-refractivity contribution in [2.24, 2.45) is 0 Å². The molecule has 0 saturated heterocycles. The molecule has 1 rings (SSSR count). The summed E-state index contributed by atoms with van der Waals surface area (Å²) in [4.78, 5) is 0. The van der Waals surface area contributed by atoms with E-state index in [0.717, 1.165) is 37.4 Å². The third-order valence-corrected chi connectivity index (χ3v) is 2.62. The van der Waals surface area contributed by atoms with Gasteiger partial charge in [-0.25, -0.2) is 0 Å². The predicted molar refractivity (Wildman–Crippen MR) is 71.9 cm³/mol. The van der Waals surface area contributed by atoms with Crippen LogP contribution in [0.5, 0.6) is 0 Å². The molecular formula is C11H20N4OS. The van der Waals surface area contributed by atoms with Crippen molar-refractivity contribution in [3.63, 3.8) is 0 Å². The molecule has 0 bridgehead atoms. The van der Waals surface area contributed by atoms with Gasteiger partial charge in [0.15, 0.2) is 5.11 Å². The Bertz CT molecular complexity index is 340. The summed E-state index contributed by atoms with van der Waals surface area (Å²) in [6.07, 6.45) is 2.76. The van der Waals surface area contributed by atoms with Gasteiger partial charge in [-0.05, 0) is 32.5 Å². The van der Waals surface area contributed by atoms with Crippen LogP contribution in [0.1, 0.15) is 24.6 Å². The molecule has 5 nitrogen and oxygen atoms in total. The standard InChI is InChI=1S/C11H20N4OS/c1-3-16-6-4-5-12-11(17)13-7-10-8-14-15-9(10)2/h8H,3-7H2,1-2H3,(H,14,15)(H2,12,13,17). The monoisotopic (exact) mass is 256 g/mol. The lowest BCUT2D eigenvalue weighted by Crippen LogP contribution is -2.35. The second-order valence-electron chi connectivity index (χ2n) is 3.68. The minimum absolute atomic E-state index is 0.669. The summed E-state index contributed by atoms with van der Waals surface area (Å²) >= 11 is 5.15. The molecule has 0 fully saturated rings. The van der Waals surface area contributed by atoms with Gasteiger partial charge in [-0.3, -0.25) is 5.10 Å². The molecule has 0 unspecified atom stereocenters. The van der Waals surface area contributed by atoms with Crippen molar-refractivity contribution >= 4 is 17.3 Å². The zero-order valence-corrected chi connectivity index (χ0v) is 11.2. The molecule has 0 saturated carbocycles. The smallest absolute Gasteiger partial charge is 0.166 e. The number of ether oxygens (including phenoxy) is 1. The Morgan fingerprint density at radius 2 is 2.35 bits per heavy atom. The molecule has 0 spiro atoms. The van der Waals surface area contributed by atoms with Crippen LogP contribution < -0.4 is 10.6 Å². The highest BCUT2D eigenvalue weighted by molar-refractivity contribution is 7.80. The van der Waals surface area contributed by atoms with Crippen molar-refractivity contribution in [1.29, 1.82) is 0 Å². The van der Waals surface area contributed by atoms with Crippen molar-refractivity contribution in [3.05, 3.63) is 17.5 Å². The first-order chi connectivity index (χ1) is 8.24. The van der Waals surface area contributed by atoms with Gasteiger partial charge in [0.05, 0.1) is 6.20 Å². The summed E-state index contributed by atoms with van der Waals surface area (Å²) in [7, 11) is 0. The second kappa shape index (κ2) is 8.03. The number of aromatic amines is 1. The van der Waals surface area contributed by atoms with E-state index in [1.54, 1.807) is 6.20 Å². The molecule has 0 aliphatic rings. The van der Waals surface area contributed by atoms with Gasteiger partial charge in [-0.15, -0.1) is 0 Å². The summed E-state index contributed by atoms with van der Waals surface area (Å²) in [6.45, 7) is 7.04. The molecule has 1 heterocycles. The number of nitrogens with zero attached hydrogens (tertiary/aromatic N) is 1. The minimum atomic E-state index is 0.669. The highest BCUT2D eigenvalue weighted by atomic mass is 32.1. The normalized spacial score (nSPS) is 10.2. The van der Waals surface area contributed by atoms with Gasteiger partial charge in [0.25, 0.3) is 0 Å². The quantitative estimate of drug-likeness (QED) is 0.504. The topological polar surface area (TPSA) is 62.0 Å². The Kier molecular flexibility index (Phi) is 6.57. The number of thiocarbonyl (C=S) groups is 1. The molecule has 1 aromatic rings. The average Bonchev–Trinajstić information content (AvgIpc) is 2.72. The zero-order chi connectivity index (χ0) is 12.5. The average molecular weight is 256 g/mol. The molecule has 0 aliphatic carbocycles. The van der Waals surface area contributed by atoms with Crippen molar-refractivity contribution in [3.8, 4) is 0 Å². The van der Waals surface area contributed by atoms with Crippen LogP contribution in [0.3, 0.4) is 0 Å². The molecule has 0 atom stereocenters. The molecule has 3 N–H and O–H groups in total. The van der Waals surface area contributed by atoms with Gasteiger partial charge < -0.3 is 15.4 Å². The first-order valence-electron chi connectivity index (χ1n) is 5.82. The third kappa shape index (κ3) is 5.65. The maximum absolute atomic E-state index is 5.23. The summed E-state index contributed by atoms with van der Waals surface area (Å²) in [6, 6.07) is 0. The van der Waals surface area contributed by atoms with Crippen molar-refractivity contribution in [1.82, 2.24) is 20.8 Å². The number of hydrogen-bond donors (Lipinski definition) is 3. The van der Waals surface area contributed by atoms with E-state index in [2.05, 4.69) is 20.8 Å². The number of rotatable bonds is 7. The molecular weight excluding hydrogens is 236 g/mol. The lowest BCUT2D eigenvalue weighted by Gasteiger charge is -2.09. The number of hydrogen-bond acceptors (Lipinski definition) is 3. The summed E-state index contributed by atoms with van der Waals surface area (Å²) < 4.78 is 5.23. The van der Waals surface area contributed by atoms with E-state index >= 15 is 0 Å². The van der Waals surface area contributed by atoms with Crippen LogP contribution in [0.25, 0.3) is 0 Å². The molecule has 0 aromatic carbocycles. The van der Waals surface area contributed by atoms with Gasteiger partial charge in [-0.2, -0.15) is 5.10 Å². The van der Waals surface area contributed by atoms with Crippen molar-refractivity contribution in [2.45, 2.75) is 26.8 Å². The first-order valence-corrected chi connectivity index (χ1v) is 6.23. The highest BCUT2D eigenvalue weighted by Crippen LogP contribution is 2.00. The van der Waals surface area contributed by atoms with Crippen LogP contribution in [0.4, 0.5) is 0 Å². The molecule has 6 heteroatoms. The van der Waals surface area contributed by atoms with Crippen LogP contribution in [-0.4, -0.2) is 35.1 Å². The number of H-pyrrole nitrogens is 1. The fraction of sp³-hybridized carbons (Fsp3) is 0.636. The zero-order valence-electron chi connectivity index (χ0n) is 10.4. The van der Waals surface area contributed by atoms with Crippen molar-refractivity contribution in [2.75, 3.05) is 19.8 Å². The summed E-state index contributed by atoms with van der Waals surface area (Å²) in [5.41, 5.74) is 2.19. The number of aromatic nitrogens is 2. The highest BCUT2D eigenvalue weighted by Gasteiger charge is 2.00. The van der Waals surface area contributed by atoms with Crippen LogP contribution >= 0.6 is 12.2 Å². The molecule has 17 heavy (non-hydrogen) atoms. The Morgan fingerprint density at radius 3 is 3.00 bits per heavy atom. The van der Waals surface area contributed by atoms with Crippen LogP contribution in [0.2, 0.25) is 0 Å². The summed E-state index contributed by atoms with van der Waals surface area (Å²) in [5, 5.41) is 13.8.